The van der Waals surface area contributed by atoms with Gasteiger partial charge in [-0.1, -0.05) is 35.9 Å². The van der Waals surface area contributed by atoms with Crippen LogP contribution in [0.2, 0.25) is 5.02 Å². The van der Waals surface area contributed by atoms with Gasteiger partial charge in [0.2, 0.25) is 0 Å². The summed E-state index contributed by atoms with van der Waals surface area (Å²) in [5.41, 5.74) is 2.89. The second kappa shape index (κ2) is 10.8. The third kappa shape index (κ3) is 5.27. The number of hydrogen-bond donors (Lipinski definition) is 2. The molecule has 2 fully saturated rings. The number of rotatable bonds is 7. The number of ether oxygens (including phenoxy) is 1. The molecule has 2 amide bonds. The molecule has 5 rings (SSSR count). The lowest BCUT2D eigenvalue weighted by Gasteiger charge is -2.40. The molecule has 0 saturated carbocycles. The SMILES string of the molecule is COc1cccc(C(=O)NC2CC3CCC(C2)N3c2ccc(C(=O)NCc3ccccc3Cl)cn2)c1C. The number of carbonyl (C=O) groups is 2. The van der Waals surface area contributed by atoms with Crippen molar-refractivity contribution in [2.45, 2.75) is 57.3 Å². The number of nitrogens with zero attached hydrogens (tertiary/aromatic N) is 2. The summed E-state index contributed by atoms with van der Waals surface area (Å²) in [7, 11) is 1.62. The molecule has 8 heteroatoms. The molecule has 1 aromatic heterocycles. The number of amides is 2. The molecular weight excluding hydrogens is 488 g/mol. The Hall–Kier alpha value is -3.58. The summed E-state index contributed by atoms with van der Waals surface area (Å²) in [6.07, 6.45) is 5.50. The van der Waals surface area contributed by atoms with Gasteiger partial charge in [-0.2, -0.15) is 0 Å². The zero-order chi connectivity index (χ0) is 25.9. The van der Waals surface area contributed by atoms with Gasteiger partial charge in [-0.25, -0.2) is 4.98 Å². The Labute approximate surface area is 222 Å². The fourth-order valence-electron chi connectivity index (χ4n) is 5.61. The molecule has 3 aromatic rings. The van der Waals surface area contributed by atoms with Gasteiger partial charge in [-0.05, 0) is 68.5 Å². The summed E-state index contributed by atoms with van der Waals surface area (Å²) in [5.74, 6) is 1.36. The van der Waals surface area contributed by atoms with Crippen molar-refractivity contribution in [2.75, 3.05) is 12.0 Å². The molecule has 2 aromatic carbocycles. The summed E-state index contributed by atoms with van der Waals surface area (Å²) >= 11 is 6.18. The van der Waals surface area contributed by atoms with E-state index in [1.807, 2.05) is 61.5 Å². The first-order valence-corrected chi connectivity index (χ1v) is 13.0. The number of carbonyl (C=O) groups excluding carboxylic acids is 2. The average molecular weight is 519 g/mol. The van der Waals surface area contributed by atoms with Crippen LogP contribution in [0, 0.1) is 6.92 Å². The van der Waals surface area contributed by atoms with Gasteiger partial charge >= 0.3 is 0 Å². The third-order valence-electron chi connectivity index (χ3n) is 7.49. The van der Waals surface area contributed by atoms with E-state index in [0.717, 1.165) is 48.4 Å². The molecule has 0 spiro atoms. The van der Waals surface area contributed by atoms with Crippen molar-refractivity contribution < 1.29 is 14.3 Å². The maximum Gasteiger partial charge on any atom is 0.253 e. The van der Waals surface area contributed by atoms with Crippen LogP contribution in [-0.2, 0) is 6.54 Å². The monoisotopic (exact) mass is 518 g/mol. The molecule has 2 aliphatic heterocycles. The molecule has 0 aliphatic carbocycles. The van der Waals surface area contributed by atoms with Crippen molar-refractivity contribution in [3.05, 3.63) is 88.1 Å². The molecule has 192 valence electrons. The summed E-state index contributed by atoms with van der Waals surface area (Å²) in [4.78, 5) is 32.6. The largest absolute Gasteiger partial charge is 0.496 e. The van der Waals surface area contributed by atoms with Crippen LogP contribution in [0.5, 0.6) is 5.75 Å². The lowest BCUT2D eigenvalue weighted by Crippen LogP contribution is -2.50. The number of pyridine rings is 1. The molecule has 2 aliphatic rings. The Morgan fingerprint density at radius 3 is 2.46 bits per heavy atom. The van der Waals surface area contributed by atoms with Gasteiger partial charge in [0.05, 0.1) is 12.7 Å². The second-order valence-corrected chi connectivity index (χ2v) is 10.2. The highest BCUT2D eigenvalue weighted by Gasteiger charge is 2.42. The van der Waals surface area contributed by atoms with Crippen molar-refractivity contribution in [3.8, 4) is 5.75 Å². The summed E-state index contributed by atoms with van der Waals surface area (Å²) in [6.45, 7) is 2.27. The summed E-state index contributed by atoms with van der Waals surface area (Å²) in [5, 5.41) is 6.79. The number of fused-ring (bicyclic) bond motifs is 2. The maximum absolute atomic E-state index is 13.0. The smallest absolute Gasteiger partial charge is 0.253 e. The molecule has 37 heavy (non-hydrogen) atoms. The minimum absolute atomic E-state index is 0.0560. The Balaban J connectivity index is 1.20. The minimum Gasteiger partial charge on any atom is -0.496 e. The number of methoxy groups -OCH3 is 1. The van der Waals surface area contributed by atoms with Gasteiger partial charge in [-0.3, -0.25) is 9.59 Å². The van der Waals surface area contributed by atoms with Crippen LogP contribution < -0.4 is 20.3 Å². The Kier molecular flexibility index (Phi) is 7.33. The van der Waals surface area contributed by atoms with Crippen LogP contribution in [0.1, 0.15) is 57.5 Å². The Morgan fingerprint density at radius 1 is 1.03 bits per heavy atom. The van der Waals surface area contributed by atoms with Crippen LogP contribution in [0.25, 0.3) is 0 Å². The van der Waals surface area contributed by atoms with Crippen molar-refractivity contribution in [2.24, 2.45) is 0 Å². The molecular formula is C29H31ClN4O3. The van der Waals surface area contributed by atoms with E-state index in [4.69, 9.17) is 16.3 Å². The molecule has 2 bridgehead atoms. The van der Waals surface area contributed by atoms with Crippen molar-refractivity contribution in [1.29, 1.82) is 0 Å². The molecule has 2 unspecified atom stereocenters. The van der Waals surface area contributed by atoms with Gasteiger partial charge in [0.1, 0.15) is 11.6 Å². The van der Waals surface area contributed by atoms with Crippen molar-refractivity contribution in [1.82, 2.24) is 15.6 Å². The topological polar surface area (TPSA) is 83.6 Å². The fraction of sp³-hybridized carbons (Fsp3) is 0.345. The summed E-state index contributed by atoms with van der Waals surface area (Å²) in [6, 6.07) is 17.5. The van der Waals surface area contributed by atoms with Crippen LogP contribution in [0.15, 0.2) is 60.8 Å². The molecule has 7 nitrogen and oxygen atoms in total. The number of benzene rings is 2. The standard InChI is InChI=1S/C29H31ClN4O3/c1-18-24(7-5-9-26(18)37-2)29(36)33-21-14-22-11-12-23(15-21)34(22)27-13-10-20(17-31-27)28(35)32-16-19-6-3-4-8-25(19)30/h3-10,13,17,21-23H,11-12,14-16H2,1-2H3,(H,32,35)(H,33,36). The van der Waals surface area contributed by atoms with E-state index in [-0.39, 0.29) is 17.9 Å². The number of halogens is 1. The third-order valence-corrected chi connectivity index (χ3v) is 7.86. The van der Waals surface area contributed by atoms with E-state index < -0.39 is 0 Å². The first-order valence-electron chi connectivity index (χ1n) is 12.6. The highest BCUT2D eigenvalue weighted by Crippen LogP contribution is 2.38. The second-order valence-electron chi connectivity index (χ2n) is 9.75. The summed E-state index contributed by atoms with van der Waals surface area (Å²) < 4.78 is 5.37. The lowest BCUT2D eigenvalue weighted by molar-refractivity contribution is 0.0923. The first kappa shape index (κ1) is 25.1. The predicted octanol–water partition coefficient (Wildman–Crippen LogP) is 4.91. The zero-order valence-electron chi connectivity index (χ0n) is 21.0. The number of hydrogen-bond acceptors (Lipinski definition) is 5. The fourth-order valence-corrected chi connectivity index (χ4v) is 5.81. The molecule has 2 N–H and O–H groups in total. The van der Waals surface area contributed by atoms with Crippen molar-refractivity contribution in [3.63, 3.8) is 0 Å². The van der Waals surface area contributed by atoms with Gasteiger partial charge < -0.3 is 20.3 Å². The normalized spacial score (nSPS) is 20.4. The maximum atomic E-state index is 13.0. The van der Waals surface area contributed by atoms with E-state index >= 15 is 0 Å². The minimum atomic E-state index is -0.184. The average Bonchev–Trinajstić information content (AvgIpc) is 3.18. The molecule has 0 radical (unpaired) electrons. The quantitative estimate of drug-likeness (QED) is 0.464. The number of aromatic nitrogens is 1. The Bertz CT molecular complexity index is 1280. The van der Waals surface area contributed by atoms with Gasteiger partial charge in [0.25, 0.3) is 11.8 Å². The van der Waals surface area contributed by atoms with Crippen LogP contribution in [0.4, 0.5) is 5.82 Å². The molecule has 2 atom stereocenters. The number of piperidine rings is 1. The van der Waals surface area contributed by atoms with E-state index in [9.17, 15) is 9.59 Å². The van der Waals surface area contributed by atoms with E-state index in [2.05, 4.69) is 20.5 Å². The van der Waals surface area contributed by atoms with Gasteiger partial charge in [-0.15, -0.1) is 0 Å². The van der Waals surface area contributed by atoms with E-state index in [0.29, 0.717) is 34.8 Å². The predicted molar refractivity (Wildman–Crippen MR) is 144 cm³/mol. The van der Waals surface area contributed by atoms with Gasteiger partial charge in [0.15, 0.2) is 0 Å². The van der Waals surface area contributed by atoms with Gasteiger partial charge in [0, 0.05) is 47.0 Å². The zero-order valence-corrected chi connectivity index (χ0v) is 21.8. The first-order chi connectivity index (χ1) is 17.9. The Morgan fingerprint density at radius 2 is 1.78 bits per heavy atom. The highest BCUT2D eigenvalue weighted by atomic mass is 35.5. The highest BCUT2D eigenvalue weighted by molar-refractivity contribution is 6.31. The number of anilines is 1. The lowest BCUT2D eigenvalue weighted by atomic mass is 9.96. The van der Waals surface area contributed by atoms with Crippen molar-refractivity contribution >= 4 is 29.2 Å². The molecule has 3 heterocycles. The number of nitrogens with one attached hydrogen (secondary N) is 2. The molecule has 2 saturated heterocycles. The van der Waals surface area contributed by atoms with E-state index in [1.54, 1.807) is 13.3 Å². The van der Waals surface area contributed by atoms with Crippen LogP contribution in [0.3, 0.4) is 0 Å². The van der Waals surface area contributed by atoms with Crippen LogP contribution >= 0.6 is 11.6 Å². The van der Waals surface area contributed by atoms with Crippen LogP contribution in [-0.4, -0.2) is 42.0 Å². The van der Waals surface area contributed by atoms with E-state index in [1.165, 1.54) is 0 Å².